The van der Waals surface area contributed by atoms with Crippen LogP contribution in [0, 0.1) is 10.1 Å². The van der Waals surface area contributed by atoms with Crippen molar-refractivity contribution in [1.29, 1.82) is 0 Å². The second-order valence-corrected chi connectivity index (χ2v) is 5.64. The number of nitrogens with zero attached hydrogens (tertiary/aromatic N) is 2. The molecule has 0 saturated heterocycles. The van der Waals surface area contributed by atoms with Crippen LogP contribution in [0.5, 0.6) is 0 Å². The van der Waals surface area contributed by atoms with Crippen LogP contribution in [-0.4, -0.2) is 43.8 Å². The van der Waals surface area contributed by atoms with E-state index in [2.05, 4.69) is 4.74 Å². The number of carbonyl (C=O) groups is 1. The molecular formula is C11H14N2O6S. The predicted octanol–water partition coefficient (Wildman–Crippen LogP) is 0.778. The molecule has 1 aromatic rings. The van der Waals surface area contributed by atoms with Crippen molar-refractivity contribution in [3.05, 3.63) is 34.4 Å². The zero-order valence-electron chi connectivity index (χ0n) is 11.0. The third-order valence-electron chi connectivity index (χ3n) is 2.57. The average molecular weight is 302 g/mol. The molecule has 0 amide bonds. The molecular weight excluding hydrogens is 288 g/mol. The number of para-hydroxylation sites is 1. The highest BCUT2D eigenvalue weighted by Gasteiger charge is 2.31. The minimum atomic E-state index is -4.14. The molecule has 0 spiro atoms. The fourth-order valence-electron chi connectivity index (χ4n) is 1.54. The summed E-state index contributed by atoms with van der Waals surface area (Å²) >= 11 is 0. The summed E-state index contributed by atoms with van der Waals surface area (Å²) in [4.78, 5) is 20.9. The van der Waals surface area contributed by atoms with E-state index >= 15 is 0 Å². The number of likely N-dealkylation sites (N-methyl/N-ethyl adjacent to an activating group) is 1. The Morgan fingerprint density at radius 2 is 2.00 bits per heavy atom. The second kappa shape index (κ2) is 6.44. The molecule has 0 N–H and O–H groups in total. The van der Waals surface area contributed by atoms with Crippen molar-refractivity contribution in [3.63, 3.8) is 0 Å². The van der Waals surface area contributed by atoms with E-state index in [1.54, 1.807) is 0 Å². The third-order valence-corrected chi connectivity index (χ3v) is 4.53. The molecule has 9 heteroatoms. The normalized spacial score (nSPS) is 11.3. The summed E-state index contributed by atoms with van der Waals surface area (Å²) in [5, 5.41) is 10.9. The molecule has 110 valence electrons. The summed E-state index contributed by atoms with van der Waals surface area (Å²) in [5.74, 6) is -0.742. The fraction of sp³-hybridized carbons (Fsp3) is 0.364. The zero-order valence-corrected chi connectivity index (χ0v) is 11.8. The van der Waals surface area contributed by atoms with Crippen LogP contribution in [0.3, 0.4) is 0 Å². The summed E-state index contributed by atoms with van der Waals surface area (Å²) in [6.07, 6.45) is 0. The number of carbonyl (C=O) groups excluding carboxylic acids is 1. The minimum Gasteiger partial charge on any atom is -0.468 e. The standard InChI is InChI=1S/C11H14N2O6S/c1-3-12(8-11(14)19-2)20(17,18)10-7-5-4-6-9(10)13(15)16/h4-7H,3,8H2,1-2H3. The molecule has 1 rings (SSSR count). The van der Waals surface area contributed by atoms with Crippen molar-refractivity contribution in [2.75, 3.05) is 20.2 Å². The van der Waals surface area contributed by atoms with Crippen LogP contribution in [0.2, 0.25) is 0 Å². The number of nitro groups is 1. The van der Waals surface area contributed by atoms with Gasteiger partial charge in [0.15, 0.2) is 4.90 Å². The molecule has 0 unspecified atom stereocenters. The van der Waals surface area contributed by atoms with Crippen molar-refractivity contribution in [2.45, 2.75) is 11.8 Å². The van der Waals surface area contributed by atoms with E-state index in [1.165, 1.54) is 19.1 Å². The maximum atomic E-state index is 12.4. The van der Waals surface area contributed by atoms with Crippen molar-refractivity contribution >= 4 is 21.7 Å². The first-order chi connectivity index (χ1) is 9.34. The van der Waals surface area contributed by atoms with Gasteiger partial charge in [0, 0.05) is 12.6 Å². The van der Waals surface area contributed by atoms with Gasteiger partial charge in [0.2, 0.25) is 10.0 Å². The smallest absolute Gasteiger partial charge is 0.321 e. The summed E-state index contributed by atoms with van der Waals surface area (Å²) < 4.78 is 29.9. The molecule has 0 aliphatic carbocycles. The lowest BCUT2D eigenvalue weighted by molar-refractivity contribution is -0.387. The van der Waals surface area contributed by atoms with Gasteiger partial charge in [-0.05, 0) is 6.07 Å². The lowest BCUT2D eigenvalue weighted by Gasteiger charge is -2.18. The van der Waals surface area contributed by atoms with Crippen molar-refractivity contribution in [2.24, 2.45) is 0 Å². The van der Waals surface area contributed by atoms with Gasteiger partial charge in [-0.3, -0.25) is 14.9 Å². The molecule has 0 fully saturated rings. The second-order valence-electron chi connectivity index (χ2n) is 3.73. The Labute approximate surface area is 116 Å². The van der Waals surface area contributed by atoms with Crippen LogP contribution in [0.25, 0.3) is 0 Å². The quantitative estimate of drug-likeness (QED) is 0.436. The van der Waals surface area contributed by atoms with E-state index in [4.69, 9.17) is 0 Å². The molecule has 0 bridgehead atoms. The Kier molecular flexibility index (Phi) is 5.17. The first-order valence-corrected chi connectivity index (χ1v) is 7.09. The molecule has 20 heavy (non-hydrogen) atoms. The van der Waals surface area contributed by atoms with Crippen LogP contribution in [-0.2, 0) is 19.6 Å². The van der Waals surface area contributed by atoms with Gasteiger partial charge in [0.05, 0.1) is 12.0 Å². The summed E-state index contributed by atoms with van der Waals surface area (Å²) in [5.41, 5.74) is -0.532. The van der Waals surface area contributed by atoms with Gasteiger partial charge in [0.1, 0.15) is 6.54 Å². The Hall–Kier alpha value is -2.00. The van der Waals surface area contributed by atoms with Crippen LogP contribution in [0.1, 0.15) is 6.92 Å². The largest absolute Gasteiger partial charge is 0.468 e. The Bertz CT molecular complexity index is 613. The minimum absolute atomic E-state index is 0.0104. The molecule has 1 aromatic carbocycles. The molecule has 0 aliphatic heterocycles. The van der Waals surface area contributed by atoms with E-state index < -0.39 is 38.0 Å². The number of methoxy groups -OCH3 is 1. The highest BCUT2D eigenvalue weighted by atomic mass is 32.2. The van der Waals surface area contributed by atoms with Crippen molar-refractivity contribution in [3.8, 4) is 0 Å². The van der Waals surface area contributed by atoms with Crippen LogP contribution in [0.15, 0.2) is 29.2 Å². The van der Waals surface area contributed by atoms with E-state index in [9.17, 15) is 23.3 Å². The number of benzene rings is 1. The molecule has 0 heterocycles. The van der Waals surface area contributed by atoms with Gasteiger partial charge in [0.25, 0.3) is 5.69 Å². The topological polar surface area (TPSA) is 107 Å². The van der Waals surface area contributed by atoms with Crippen LogP contribution >= 0.6 is 0 Å². The highest BCUT2D eigenvalue weighted by molar-refractivity contribution is 7.89. The van der Waals surface area contributed by atoms with Crippen molar-refractivity contribution < 1.29 is 22.9 Å². The Balaban J connectivity index is 3.28. The lowest BCUT2D eigenvalue weighted by atomic mass is 10.3. The SMILES string of the molecule is CCN(CC(=O)OC)S(=O)(=O)c1ccccc1[N+](=O)[O-]. The number of nitro benzene ring substituents is 1. The van der Waals surface area contributed by atoms with Gasteiger partial charge in [-0.2, -0.15) is 4.31 Å². The number of hydrogen-bond donors (Lipinski definition) is 0. The lowest BCUT2D eigenvalue weighted by Crippen LogP contribution is -2.36. The van der Waals surface area contributed by atoms with Gasteiger partial charge in [-0.25, -0.2) is 8.42 Å². The molecule has 0 aliphatic rings. The highest BCUT2D eigenvalue weighted by Crippen LogP contribution is 2.25. The first-order valence-electron chi connectivity index (χ1n) is 5.65. The number of ether oxygens (including phenoxy) is 1. The van der Waals surface area contributed by atoms with Gasteiger partial charge >= 0.3 is 5.97 Å². The number of esters is 1. The van der Waals surface area contributed by atoms with E-state index in [1.807, 2.05) is 0 Å². The maximum Gasteiger partial charge on any atom is 0.321 e. The fourth-order valence-corrected chi connectivity index (χ4v) is 3.09. The predicted molar refractivity (Wildman–Crippen MR) is 69.5 cm³/mol. The third kappa shape index (κ3) is 3.31. The van der Waals surface area contributed by atoms with Crippen LogP contribution in [0.4, 0.5) is 5.69 Å². The van der Waals surface area contributed by atoms with E-state index in [0.29, 0.717) is 0 Å². The molecule has 8 nitrogen and oxygen atoms in total. The molecule has 0 aromatic heterocycles. The summed E-state index contributed by atoms with van der Waals surface area (Å²) in [7, 11) is -3.01. The van der Waals surface area contributed by atoms with Crippen LogP contribution < -0.4 is 0 Å². The van der Waals surface area contributed by atoms with Gasteiger partial charge in [-0.15, -0.1) is 0 Å². The Morgan fingerprint density at radius 1 is 1.40 bits per heavy atom. The van der Waals surface area contributed by atoms with E-state index in [0.717, 1.165) is 23.5 Å². The first kappa shape index (κ1) is 16.1. The number of sulfonamides is 1. The maximum absolute atomic E-state index is 12.4. The number of rotatable bonds is 6. The monoisotopic (exact) mass is 302 g/mol. The van der Waals surface area contributed by atoms with Gasteiger partial charge in [-0.1, -0.05) is 19.1 Å². The Morgan fingerprint density at radius 3 is 2.50 bits per heavy atom. The van der Waals surface area contributed by atoms with E-state index in [-0.39, 0.29) is 6.54 Å². The number of hydrogen-bond acceptors (Lipinski definition) is 6. The molecule has 0 atom stereocenters. The summed E-state index contributed by atoms with van der Waals surface area (Å²) in [6, 6.07) is 4.98. The zero-order chi connectivity index (χ0) is 15.3. The summed E-state index contributed by atoms with van der Waals surface area (Å²) in [6.45, 7) is 1.01. The molecule has 0 saturated carbocycles. The molecule has 0 radical (unpaired) electrons. The van der Waals surface area contributed by atoms with Crippen molar-refractivity contribution in [1.82, 2.24) is 4.31 Å². The average Bonchev–Trinajstić information content (AvgIpc) is 2.44. The van der Waals surface area contributed by atoms with Gasteiger partial charge < -0.3 is 4.74 Å².